The van der Waals surface area contributed by atoms with Crippen molar-refractivity contribution >= 4 is 11.8 Å². The zero-order valence-corrected chi connectivity index (χ0v) is 12.3. The number of aliphatic hydroxyl groups excluding tert-OH is 1. The van der Waals surface area contributed by atoms with Gasteiger partial charge >= 0.3 is 6.09 Å². The van der Waals surface area contributed by atoms with Gasteiger partial charge in [0.2, 0.25) is 0 Å². The molecule has 1 aromatic rings. The first-order valence-electron chi connectivity index (χ1n) is 6.45. The normalized spacial score (nSPS) is 12.9. The second-order valence-corrected chi connectivity index (χ2v) is 5.83. The van der Waals surface area contributed by atoms with Gasteiger partial charge in [0.25, 0.3) is 0 Å². The molecule has 4 heteroatoms. The number of benzene rings is 1. The van der Waals surface area contributed by atoms with E-state index in [0.29, 0.717) is 12.1 Å². The van der Waals surface area contributed by atoms with Crippen LogP contribution in [-0.4, -0.2) is 22.9 Å². The van der Waals surface area contributed by atoms with Crippen LogP contribution in [-0.2, 0) is 11.2 Å². The fraction of sp³-hybridized carbons (Fsp3) is 0.533. The Morgan fingerprint density at radius 1 is 1.42 bits per heavy atom. The highest BCUT2D eigenvalue weighted by Gasteiger charge is 2.16. The Labute approximate surface area is 114 Å². The van der Waals surface area contributed by atoms with Crippen molar-refractivity contribution in [3.63, 3.8) is 0 Å². The van der Waals surface area contributed by atoms with E-state index in [4.69, 9.17) is 4.74 Å². The zero-order valence-electron chi connectivity index (χ0n) is 12.3. The van der Waals surface area contributed by atoms with E-state index >= 15 is 0 Å². The molecular weight excluding hydrogens is 242 g/mol. The molecule has 0 bridgehead atoms. The van der Waals surface area contributed by atoms with Crippen LogP contribution in [0, 0.1) is 6.92 Å². The number of ether oxygens (including phenoxy) is 1. The summed E-state index contributed by atoms with van der Waals surface area (Å²) in [5.41, 5.74) is 2.13. The highest BCUT2D eigenvalue weighted by Crippen LogP contribution is 2.19. The number of rotatable bonds is 3. The molecule has 1 rings (SSSR count). The van der Waals surface area contributed by atoms with Crippen molar-refractivity contribution in [3.05, 3.63) is 29.3 Å². The SMILES string of the molecule is Cc1ccc(C[C@@H](C)O)cc1NC(=O)OC(C)(C)C. The van der Waals surface area contributed by atoms with Crippen LogP contribution in [0.5, 0.6) is 0 Å². The third-order valence-electron chi connectivity index (χ3n) is 2.47. The fourth-order valence-corrected chi connectivity index (χ4v) is 1.69. The van der Waals surface area contributed by atoms with E-state index < -0.39 is 17.8 Å². The number of anilines is 1. The number of nitrogens with one attached hydrogen (secondary N) is 1. The maximum atomic E-state index is 11.7. The highest BCUT2D eigenvalue weighted by atomic mass is 16.6. The Hall–Kier alpha value is -1.55. The summed E-state index contributed by atoms with van der Waals surface area (Å²) in [5.74, 6) is 0. The molecule has 0 aliphatic carbocycles. The molecule has 0 spiro atoms. The maximum Gasteiger partial charge on any atom is 0.412 e. The van der Waals surface area contributed by atoms with Crippen LogP contribution in [0.1, 0.15) is 38.8 Å². The van der Waals surface area contributed by atoms with Gasteiger partial charge < -0.3 is 9.84 Å². The lowest BCUT2D eigenvalue weighted by Gasteiger charge is -2.20. The van der Waals surface area contributed by atoms with Crippen LogP contribution in [0.15, 0.2) is 18.2 Å². The lowest BCUT2D eigenvalue weighted by atomic mass is 10.1. The van der Waals surface area contributed by atoms with Gasteiger partial charge in [-0.3, -0.25) is 5.32 Å². The number of aliphatic hydroxyl groups is 1. The predicted octanol–water partition coefficient (Wildman–Crippen LogP) is 3.27. The van der Waals surface area contributed by atoms with Gasteiger partial charge in [-0.2, -0.15) is 0 Å². The molecule has 0 unspecified atom stereocenters. The third kappa shape index (κ3) is 5.75. The van der Waals surface area contributed by atoms with Crippen molar-refractivity contribution in [3.8, 4) is 0 Å². The molecule has 0 heterocycles. The average molecular weight is 265 g/mol. The summed E-state index contributed by atoms with van der Waals surface area (Å²) in [6, 6.07) is 5.73. The van der Waals surface area contributed by atoms with Crippen LogP contribution in [0.3, 0.4) is 0 Å². The predicted molar refractivity (Wildman–Crippen MR) is 76.4 cm³/mol. The number of hydrogen-bond acceptors (Lipinski definition) is 3. The summed E-state index contributed by atoms with van der Waals surface area (Å²) in [7, 11) is 0. The van der Waals surface area contributed by atoms with Crippen LogP contribution >= 0.6 is 0 Å². The molecule has 1 atom stereocenters. The van der Waals surface area contributed by atoms with Crippen molar-refractivity contribution in [2.45, 2.75) is 52.7 Å². The molecule has 0 saturated carbocycles. The van der Waals surface area contributed by atoms with Crippen LogP contribution in [0.4, 0.5) is 10.5 Å². The standard InChI is InChI=1S/C15H23NO3/c1-10-6-7-12(8-11(2)17)9-13(10)16-14(18)19-15(3,4)5/h6-7,9,11,17H,8H2,1-5H3,(H,16,18)/t11-/m1/s1. The molecule has 1 aromatic carbocycles. The summed E-state index contributed by atoms with van der Waals surface area (Å²) in [4.78, 5) is 11.7. The first kappa shape index (κ1) is 15.5. The quantitative estimate of drug-likeness (QED) is 0.882. The van der Waals surface area contributed by atoms with Crippen LogP contribution < -0.4 is 5.32 Å². The molecule has 0 aromatic heterocycles. The van der Waals surface area contributed by atoms with E-state index in [1.165, 1.54) is 0 Å². The van der Waals surface area contributed by atoms with Crippen molar-refractivity contribution in [1.82, 2.24) is 0 Å². The maximum absolute atomic E-state index is 11.7. The monoisotopic (exact) mass is 265 g/mol. The molecule has 0 saturated heterocycles. The van der Waals surface area contributed by atoms with Gasteiger partial charge in [0, 0.05) is 5.69 Å². The minimum Gasteiger partial charge on any atom is -0.444 e. The summed E-state index contributed by atoms with van der Waals surface area (Å²) < 4.78 is 5.22. The molecule has 106 valence electrons. The van der Waals surface area contributed by atoms with Gasteiger partial charge in [-0.15, -0.1) is 0 Å². The Morgan fingerprint density at radius 3 is 2.58 bits per heavy atom. The minimum absolute atomic E-state index is 0.405. The van der Waals surface area contributed by atoms with Gasteiger partial charge in [-0.05, 0) is 58.2 Å². The Bertz CT molecular complexity index is 447. The van der Waals surface area contributed by atoms with Crippen molar-refractivity contribution in [2.75, 3.05) is 5.32 Å². The summed E-state index contributed by atoms with van der Waals surface area (Å²) in [5, 5.41) is 12.1. The fourth-order valence-electron chi connectivity index (χ4n) is 1.69. The Morgan fingerprint density at radius 2 is 2.05 bits per heavy atom. The van der Waals surface area contributed by atoms with E-state index in [1.807, 2.05) is 45.9 Å². The van der Waals surface area contributed by atoms with Crippen molar-refractivity contribution < 1.29 is 14.6 Å². The highest BCUT2D eigenvalue weighted by molar-refractivity contribution is 5.86. The molecule has 0 aliphatic heterocycles. The molecular formula is C15H23NO3. The molecule has 0 radical (unpaired) electrons. The number of aryl methyl sites for hydroxylation is 1. The van der Waals surface area contributed by atoms with E-state index in [9.17, 15) is 9.90 Å². The second kappa shape index (κ2) is 6.06. The minimum atomic E-state index is -0.519. The summed E-state index contributed by atoms with van der Waals surface area (Å²) in [6.45, 7) is 9.12. The van der Waals surface area contributed by atoms with E-state index in [-0.39, 0.29) is 0 Å². The van der Waals surface area contributed by atoms with Gasteiger partial charge in [0.05, 0.1) is 6.10 Å². The van der Waals surface area contributed by atoms with Crippen molar-refractivity contribution in [1.29, 1.82) is 0 Å². The number of carbonyl (C=O) groups excluding carboxylic acids is 1. The molecule has 4 nitrogen and oxygen atoms in total. The van der Waals surface area contributed by atoms with E-state index in [0.717, 1.165) is 11.1 Å². The van der Waals surface area contributed by atoms with Crippen molar-refractivity contribution in [2.24, 2.45) is 0 Å². The first-order chi connectivity index (χ1) is 8.67. The van der Waals surface area contributed by atoms with Gasteiger partial charge in [0.15, 0.2) is 0 Å². The topological polar surface area (TPSA) is 58.6 Å². The third-order valence-corrected chi connectivity index (χ3v) is 2.47. The molecule has 0 fully saturated rings. The second-order valence-electron chi connectivity index (χ2n) is 5.83. The molecule has 0 aliphatic rings. The number of hydrogen-bond donors (Lipinski definition) is 2. The molecule has 2 N–H and O–H groups in total. The summed E-state index contributed by atoms with van der Waals surface area (Å²) >= 11 is 0. The van der Waals surface area contributed by atoms with Gasteiger partial charge in [-0.25, -0.2) is 4.79 Å². The van der Waals surface area contributed by atoms with Gasteiger partial charge in [-0.1, -0.05) is 12.1 Å². The smallest absolute Gasteiger partial charge is 0.412 e. The Kier molecular flexibility index (Phi) is 4.95. The van der Waals surface area contributed by atoms with Crippen LogP contribution in [0.25, 0.3) is 0 Å². The van der Waals surface area contributed by atoms with E-state index in [1.54, 1.807) is 6.92 Å². The molecule has 19 heavy (non-hydrogen) atoms. The largest absolute Gasteiger partial charge is 0.444 e. The number of amides is 1. The van der Waals surface area contributed by atoms with E-state index in [2.05, 4.69) is 5.32 Å². The van der Waals surface area contributed by atoms with Crippen LogP contribution in [0.2, 0.25) is 0 Å². The average Bonchev–Trinajstić information content (AvgIpc) is 2.19. The lowest BCUT2D eigenvalue weighted by molar-refractivity contribution is 0.0636. The molecule has 1 amide bonds. The Balaban J connectivity index is 2.79. The zero-order chi connectivity index (χ0) is 14.6. The number of carbonyl (C=O) groups is 1. The summed E-state index contributed by atoms with van der Waals surface area (Å²) in [6.07, 6.45) is -0.314. The lowest BCUT2D eigenvalue weighted by Crippen LogP contribution is -2.27. The van der Waals surface area contributed by atoms with Gasteiger partial charge in [0.1, 0.15) is 5.60 Å². The first-order valence-corrected chi connectivity index (χ1v) is 6.45.